The minimum Gasteiger partial charge on any atom is -0.484 e. The standard InChI is InChI=1S/C22H31N3O4/c1-15-8-9-19(11-16(15)2)29-14-21(27)24-18-6-3-5-17(12-18)23-20(26)13-25-10-4-7-22(25)28/h8-9,11,17-18H,3-7,10,12-14H2,1-2H3,(H,23,26)(H,24,27)/t17-,18+/m0/s1. The number of likely N-dealkylation sites (tertiary alicyclic amines) is 1. The summed E-state index contributed by atoms with van der Waals surface area (Å²) < 4.78 is 5.60. The second kappa shape index (κ2) is 9.76. The summed E-state index contributed by atoms with van der Waals surface area (Å²) in [5.41, 5.74) is 2.32. The number of rotatable bonds is 7. The summed E-state index contributed by atoms with van der Waals surface area (Å²) in [5.74, 6) is 0.476. The second-order valence-electron chi connectivity index (χ2n) is 8.15. The molecule has 1 aromatic carbocycles. The fraction of sp³-hybridized carbons (Fsp3) is 0.591. The molecule has 0 bridgehead atoms. The minimum atomic E-state index is -0.150. The van der Waals surface area contributed by atoms with Crippen molar-refractivity contribution in [1.29, 1.82) is 0 Å². The van der Waals surface area contributed by atoms with E-state index in [2.05, 4.69) is 10.6 Å². The first-order valence-electron chi connectivity index (χ1n) is 10.5. The van der Waals surface area contributed by atoms with Crippen LogP contribution in [-0.4, -0.2) is 54.4 Å². The van der Waals surface area contributed by atoms with Gasteiger partial charge in [-0.15, -0.1) is 0 Å². The lowest BCUT2D eigenvalue weighted by Gasteiger charge is -2.30. The van der Waals surface area contributed by atoms with Gasteiger partial charge in [-0.1, -0.05) is 6.07 Å². The summed E-state index contributed by atoms with van der Waals surface area (Å²) in [6.07, 6.45) is 4.80. The van der Waals surface area contributed by atoms with Crippen LogP contribution in [-0.2, 0) is 14.4 Å². The van der Waals surface area contributed by atoms with E-state index in [1.54, 1.807) is 4.90 Å². The van der Waals surface area contributed by atoms with Crippen LogP contribution < -0.4 is 15.4 Å². The zero-order valence-corrected chi connectivity index (χ0v) is 17.3. The van der Waals surface area contributed by atoms with E-state index in [9.17, 15) is 14.4 Å². The first kappa shape index (κ1) is 21.1. The number of carbonyl (C=O) groups is 3. The van der Waals surface area contributed by atoms with Gasteiger partial charge in [0.25, 0.3) is 5.91 Å². The Morgan fingerprint density at radius 1 is 1.07 bits per heavy atom. The molecule has 1 aromatic rings. The Kier molecular flexibility index (Phi) is 7.12. The molecular weight excluding hydrogens is 370 g/mol. The maximum absolute atomic E-state index is 12.3. The first-order chi connectivity index (χ1) is 13.9. The molecule has 2 fully saturated rings. The van der Waals surface area contributed by atoms with Crippen molar-refractivity contribution in [2.75, 3.05) is 19.7 Å². The molecule has 0 unspecified atom stereocenters. The van der Waals surface area contributed by atoms with Gasteiger partial charge in [0.2, 0.25) is 11.8 Å². The third-order valence-electron chi connectivity index (χ3n) is 5.76. The molecule has 2 atom stereocenters. The average molecular weight is 402 g/mol. The normalized spacial score (nSPS) is 21.7. The summed E-state index contributed by atoms with van der Waals surface area (Å²) in [4.78, 5) is 37.8. The largest absolute Gasteiger partial charge is 0.484 e. The van der Waals surface area contributed by atoms with Crippen molar-refractivity contribution < 1.29 is 19.1 Å². The summed E-state index contributed by atoms with van der Waals surface area (Å²) in [7, 11) is 0. The van der Waals surface area contributed by atoms with Crippen molar-refractivity contribution in [2.45, 2.75) is 64.5 Å². The molecule has 3 rings (SSSR count). The van der Waals surface area contributed by atoms with Crippen molar-refractivity contribution in [2.24, 2.45) is 0 Å². The lowest BCUT2D eigenvalue weighted by Crippen LogP contribution is -2.48. The second-order valence-corrected chi connectivity index (χ2v) is 8.15. The molecule has 0 radical (unpaired) electrons. The van der Waals surface area contributed by atoms with E-state index in [0.29, 0.717) is 25.1 Å². The average Bonchev–Trinajstić information content (AvgIpc) is 3.07. The number of hydrogen-bond acceptors (Lipinski definition) is 4. The Morgan fingerprint density at radius 3 is 2.45 bits per heavy atom. The summed E-state index contributed by atoms with van der Waals surface area (Å²) in [6, 6.07) is 5.83. The summed E-state index contributed by atoms with van der Waals surface area (Å²) >= 11 is 0. The van der Waals surface area contributed by atoms with Crippen LogP contribution >= 0.6 is 0 Å². The quantitative estimate of drug-likeness (QED) is 0.730. The lowest BCUT2D eigenvalue weighted by molar-refractivity contribution is -0.133. The van der Waals surface area contributed by atoms with Crippen LogP contribution in [0.5, 0.6) is 5.75 Å². The predicted octanol–water partition coefficient (Wildman–Crippen LogP) is 1.85. The highest BCUT2D eigenvalue weighted by atomic mass is 16.5. The number of nitrogens with zero attached hydrogens (tertiary/aromatic N) is 1. The van der Waals surface area contributed by atoms with E-state index in [0.717, 1.165) is 31.2 Å². The van der Waals surface area contributed by atoms with Crippen molar-refractivity contribution in [1.82, 2.24) is 15.5 Å². The van der Waals surface area contributed by atoms with Gasteiger partial charge in [-0.25, -0.2) is 0 Å². The van der Waals surface area contributed by atoms with Crippen molar-refractivity contribution >= 4 is 17.7 Å². The fourth-order valence-electron chi connectivity index (χ4n) is 3.99. The SMILES string of the molecule is Cc1ccc(OCC(=O)N[C@@H]2CCC[C@H](NC(=O)CN3CCCC3=O)C2)cc1C. The fourth-order valence-corrected chi connectivity index (χ4v) is 3.99. The van der Waals surface area contributed by atoms with Gasteiger partial charge in [-0.05, 0) is 69.2 Å². The van der Waals surface area contributed by atoms with Gasteiger partial charge in [0.15, 0.2) is 6.61 Å². The van der Waals surface area contributed by atoms with Crippen LogP contribution in [0.2, 0.25) is 0 Å². The third kappa shape index (κ3) is 6.21. The van der Waals surface area contributed by atoms with E-state index < -0.39 is 0 Å². The van der Waals surface area contributed by atoms with E-state index in [-0.39, 0.29) is 43.0 Å². The van der Waals surface area contributed by atoms with Crippen molar-refractivity contribution in [3.05, 3.63) is 29.3 Å². The van der Waals surface area contributed by atoms with Crippen molar-refractivity contribution in [3.8, 4) is 5.75 Å². The number of ether oxygens (including phenoxy) is 1. The smallest absolute Gasteiger partial charge is 0.258 e. The molecule has 0 spiro atoms. The van der Waals surface area contributed by atoms with Crippen LogP contribution in [0.3, 0.4) is 0 Å². The molecule has 1 aliphatic carbocycles. The molecule has 2 aliphatic rings. The topological polar surface area (TPSA) is 87.7 Å². The Hall–Kier alpha value is -2.57. The van der Waals surface area contributed by atoms with Crippen LogP contribution in [0.25, 0.3) is 0 Å². The van der Waals surface area contributed by atoms with Gasteiger partial charge in [-0.3, -0.25) is 14.4 Å². The maximum atomic E-state index is 12.3. The Morgan fingerprint density at radius 2 is 1.79 bits per heavy atom. The van der Waals surface area contributed by atoms with Gasteiger partial charge < -0.3 is 20.3 Å². The van der Waals surface area contributed by atoms with Gasteiger partial charge in [-0.2, -0.15) is 0 Å². The van der Waals surface area contributed by atoms with Crippen molar-refractivity contribution in [3.63, 3.8) is 0 Å². The highest BCUT2D eigenvalue weighted by Crippen LogP contribution is 2.19. The molecule has 7 heteroatoms. The maximum Gasteiger partial charge on any atom is 0.258 e. The zero-order valence-electron chi connectivity index (χ0n) is 17.3. The molecule has 1 heterocycles. The monoisotopic (exact) mass is 401 g/mol. The Balaban J connectivity index is 1.40. The highest BCUT2D eigenvalue weighted by molar-refractivity contribution is 5.86. The molecule has 1 saturated heterocycles. The van der Waals surface area contributed by atoms with Crippen LogP contribution in [0.1, 0.15) is 49.7 Å². The lowest BCUT2D eigenvalue weighted by atomic mass is 9.91. The Bertz CT molecular complexity index is 764. The van der Waals surface area contributed by atoms with Crippen LogP contribution in [0.4, 0.5) is 0 Å². The molecule has 29 heavy (non-hydrogen) atoms. The number of benzene rings is 1. The molecule has 0 aromatic heterocycles. The number of aryl methyl sites for hydroxylation is 2. The predicted molar refractivity (Wildman–Crippen MR) is 110 cm³/mol. The van der Waals surface area contributed by atoms with Crippen LogP contribution in [0.15, 0.2) is 18.2 Å². The van der Waals surface area contributed by atoms with Gasteiger partial charge in [0.1, 0.15) is 5.75 Å². The summed E-state index contributed by atoms with van der Waals surface area (Å²) in [5, 5.41) is 6.04. The van der Waals surface area contributed by atoms with Crippen LogP contribution in [0, 0.1) is 13.8 Å². The highest BCUT2D eigenvalue weighted by Gasteiger charge is 2.27. The molecule has 158 valence electrons. The van der Waals surface area contributed by atoms with E-state index in [1.165, 1.54) is 5.56 Å². The van der Waals surface area contributed by atoms with E-state index in [1.807, 2.05) is 32.0 Å². The molecule has 2 N–H and O–H groups in total. The third-order valence-corrected chi connectivity index (χ3v) is 5.76. The molecular formula is C22H31N3O4. The van der Waals surface area contributed by atoms with Gasteiger partial charge in [0.05, 0.1) is 6.54 Å². The molecule has 1 saturated carbocycles. The molecule has 3 amide bonds. The van der Waals surface area contributed by atoms with E-state index >= 15 is 0 Å². The molecule has 1 aliphatic heterocycles. The zero-order chi connectivity index (χ0) is 20.8. The van der Waals surface area contributed by atoms with E-state index in [4.69, 9.17) is 4.74 Å². The van der Waals surface area contributed by atoms with Gasteiger partial charge in [0, 0.05) is 25.0 Å². The summed E-state index contributed by atoms with van der Waals surface area (Å²) in [6.45, 7) is 4.82. The van der Waals surface area contributed by atoms with Gasteiger partial charge >= 0.3 is 0 Å². The number of amides is 3. The number of nitrogens with one attached hydrogen (secondary N) is 2. The first-order valence-corrected chi connectivity index (χ1v) is 10.5. The Labute approximate surface area is 172 Å². The number of carbonyl (C=O) groups excluding carboxylic acids is 3. The number of hydrogen-bond donors (Lipinski definition) is 2. The molecule has 7 nitrogen and oxygen atoms in total. The minimum absolute atomic E-state index is 0.0207.